The zero-order chi connectivity index (χ0) is 40.3. The Kier molecular flexibility index (Phi) is 8.07. The van der Waals surface area contributed by atoms with Gasteiger partial charge >= 0.3 is 0 Å². The van der Waals surface area contributed by atoms with Crippen molar-refractivity contribution in [3.05, 3.63) is 247 Å². The molecule has 1 heterocycles. The van der Waals surface area contributed by atoms with Crippen molar-refractivity contribution >= 4 is 0 Å². The predicted molar refractivity (Wildman–Crippen MR) is 249 cm³/mol. The van der Waals surface area contributed by atoms with E-state index in [0.717, 1.165) is 38.9 Å². The molecule has 0 aliphatic heterocycles. The van der Waals surface area contributed by atoms with Crippen LogP contribution in [0.25, 0.3) is 89.8 Å². The van der Waals surface area contributed by atoms with Gasteiger partial charge in [-0.3, -0.25) is 0 Å². The molecule has 0 atom stereocenters. The zero-order valence-electron chi connectivity index (χ0n) is 33.2. The molecule has 3 nitrogen and oxygen atoms in total. The molecule has 284 valence electrons. The number of fused-ring (bicyclic) bond motifs is 10. The molecule has 10 aromatic rings. The van der Waals surface area contributed by atoms with Gasteiger partial charge in [0, 0.05) is 16.7 Å². The Balaban J connectivity index is 0.896. The molecule has 0 saturated heterocycles. The molecule has 9 aromatic carbocycles. The number of hydrogen-bond acceptors (Lipinski definition) is 3. The Labute approximate surface area is 355 Å². The summed E-state index contributed by atoms with van der Waals surface area (Å²) >= 11 is 0. The average Bonchev–Trinajstić information content (AvgIpc) is 3.82. The van der Waals surface area contributed by atoms with Gasteiger partial charge in [-0.15, -0.1) is 0 Å². The number of nitrogens with zero attached hydrogens (tertiary/aromatic N) is 3. The first-order chi connectivity index (χ1) is 30.2. The van der Waals surface area contributed by atoms with Gasteiger partial charge in [0.25, 0.3) is 0 Å². The van der Waals surface area contributed by atoms with Crippen LogP contribution in [0.5, 0.6) is 0 Å². The highest BCUT2D eigenvalue weighted by Gasteiger charge is 2.51. The van der Waals surface area contributed by atoms with Gasteiger partial charge in [0.05, 0.1) is 5.41 Å². The molecule has 0 unspecified atom stereocenters. The van der Waals surface area contributed by atoms with Crippen LogP contribution in [-0.4, -0.2) is 15.0 Å². The largest absolute Gasteiger partial charge is 0.208 e. The van der Waals surface area contributed by atoms with E-state index in [1.807, 2.05) is 42.5 Å². The molecule has 1 aromatic heterocycles. The molecule has 0 saturated carbocycles. The molecule has 0 fully saturated rings. The van der Waals surface area contributed by atoms with E-state index in [1.54, 1.807) is 0 Å². The first-order valence-electron chi connectivity index (χ1n) is 20.9. The summed E-state index contributed by atoms with van der Waals surface area (Å²) in [6, 6.07) is 80.4. The summed E-state index contributed by atoms with van der Waals surface area (Å²) in [5, 5.41) is 0. The normalized spacial score (nSPS) is 12.7. The first kappa shape index (κ1) is 35.0. The van der Waals surface area contributed by atoms with Gasteiger partial charge in [-0.25, -0.2) is 15.0 Å². The second-order valence-corrected chi connectivity index (χ2v) is 15.9. The van der Waals surface area contributed by atoms with E-state index in [9.17, 15) is 0 Å². The Morgan fingerprint density at radius 1 is 0.213 bits per heavy atom. The summed E-state index contributed by atoms with van der Waals surface area (Å²) in [5.74, 6) is 1.93. The summed E-state index contributed by atoms with van der Waals surface area (Å²) in [7, 11) is 0. The van der Waals surface area contributed by atoms with Crippen molar-refractivity contribution in [1.82, 2.24) is 15.0 Å². The van der Waals surface area contributed by atoms with Crippen LogP contribution in [0.1, 0.15) is 22.3 Å². The fourth-order valence-electron chi connectivity index (χ4n) is 9.83. The number of rotatable bonds is 6. The van der Waals surface area contributed by atoms with Crippen molar-refractivity contribution in [2.75, 3.05) is 0 Å². The van der Waals surface area contributed by atoms with Gasteiger partial charge in [-0.2, -0.15) is 0 Å². The average molecular weight is 776 g/mol. The van der Waals surface area contributed by atoms with E-state index in [1.165, 1.54) is 55.6 Å². The first-order valence-corrected chi connectivity index (χ1v) is 20.9. The zero-order valence-corrected chi connectivity index (χ0v) is 33.2. The highest BCUT2D eigenvalue weighted by molar-refractivity contribution is 5.96. The molecule has 0 bridgehead atoms. The molecule has 61 heavy (non-hydrogen) atoms. The van der Waals surface area contributed by atoms with Crippen LogP contribution in [0.2, 0.25) is 0 Å². The number of aromatic nitrogens is 3. The van der Waals surface area contributed by atoms with Crippen molar-refractivity contribution in [1.29, 1.82) is 0 Å². The predicted octanol–water partition coefficient (Wildman–Crippen LogP) is 14.2. The SMILES string of the molecule is c1ccc(-c2nc(-c3ccc(-c4ccc(-c5ccc6c(c5)C5(c7ccccc7-c7ccccc75)c5ccccc5-6)cc4)cc3)nc(-c3ccccc3-c3ccccc3)n2)cc1. The van der Waals surface area contributed by atoms with Gasteiger partial charge in [0.2, 0.25) is 0 Å². The van der Waals surface area contributed by atoms with Crippen LogP contribution in [0, 0.1) is 0 Å². The van der Waals surface area contributed by atoms with Gasteiger partial charge < -0.3 is 0 Å². The van der Waals surface area contributed by atoms with Gasteiger partial charge in [0.15, 0.2) is 17.5 Å². The van der Waals surface area contributed by atoms with Crippen molar-refractivity contribution in [2.45, 2.75) is 5.41 Å². The maximum Gasteiger partial charge on any atom is 0.164 e. The van der Waals surface area contributed by atoms with Crippen LogP contribution < -0.4 is 0 Å². The van der Waals surface area contributed by atoms with E-state index in [4.69, 9.17) is 15.0 Å². The third-order valence-electron chi connectivity index (χ3n) is 12.6. The summed E-state index contributed by atoms with van der Waals surface area (Å²) in [5.41, 5.74) is 20.1. The molecule has 2 aliphatic carbocycles. The lowest BCUT2D eigenvalue weighted by Crippen LogP contribution is -2.25. The quantitative estimate of drug-likeness (QED) is 0.169. The topological polar surface area (TPSA) is 38.7 Å². The Hall–Kier alpha value is -8.01. The Morgan fingerprint density at radius 2 is 0.557 bits per heavy atom. The standard InChI is InChI=1S/C58H37N3/c1-3-15-41(16-4-1)45-19-7-8-23-50(45)57-60-55(42-17-5-2-6-18-42)59-56(61-57)43-33-31-39(32-34-43)38-27-29-40(30-28-38)44-35-36-49-48-22-11-14-26-53(48)58(54(49)37-44)51-24-12-9-20-46(51)47-21-10-13-25-52(47)58/h1-37H. The summed E-state index contributed by atoms with van der Waals surface area (Å²) in [6.07, 6.45) is 0. The molecule has 1 spiro atoms. The van der Waals surface area contributed by atoms with E-state index >= 15 is 0 Å². The minimum absolute atomic E-state index is 0.358. The molecule has 0 N–H and O–H groups in total. The summed E-state index contributed by atoms with van der Waals surface area (Å²) < 4.78 is 0. The van der Waals surface area contributed by atoms with Gasteiger partial charge in [-0.05, 0) is 84.0 Å². The molecule has 3 heteroatoms. The van der Waals surface area contributed by atoms with Crippen molar-refractivity contribution < 1.29 is 0 Å². The minimum Gasteiger partial charge on any atom is -0.208 e. The smallest absolute Gasteiger partial charge is 0.164 e. The second kappa shape index (κ2) is 14.1. The molecule has 0 amide bonds. The molecular formula is C58H37N3. The molecule has 12 rings (SSSR count). The van der Waals surface area contributed by atoms with E-state index in [-0.39, 0.29) is 5.41 Å². The highest BCUT2D eigenvalue weighted by Crippen LogP contribution is 2.63. The van der Waals surface area contributed by atoms with E-state index in [2.05, 4.69) is 182 Å². The Bertz CT molecular complexity index is 3220. The summed E-state index contributed by atoms with van der Waals surface area (Å²) in [6.45, 7) is 0. The van der Waals surface area contributed by atoms with Gasteiger partial charge in [0.1, 0.15) is 0 Å². The minimum atomic E-state index is -0.358. The fraction of sp³-hybridized carbons (Fsp3) is 0.0172. The van der Waals surface area contributed by atoms with Crippen molar-refractivity contribution in [3.63, 3.8) is 0 Å². The Morgan fingerprint density at radius 3 is 1.08 bits per heavy atom. The molecule has 0 radical (unpaired) electrons. The van der Waals surface area contributed by atoms with Crippen LogP contribution >= 0.6 is 0 Å². The lowest BCUT2D eigenvalue weighted by atomic mass is 9.70. The van der Waals surface area contributed by atoms with Crippen LogP contribution in [0.3, 0.4) is 0 Å². The van der Waals surface area contributed by atoms with Gasteiger partial charge in [-0.1, -0.05) is 218 Å². The number of hydrogen-bond donors (Lipinski definition) is 0. The van der Waals surface area contributed by atoms with E-state index < -0.39 is 0 Å². The summed E-state index contributed by atoms with van der Waals surface area (Å²) in [4.78, 5) is 15.1. The fourth-order valence-corrected chi connectivity index (χ4v) is 9.83. The molecular weight excluding hydrogens is 739 g/mol. The maximum atomic E-state index is 5.10. The van der Waals surface area contributed by atoms with E-state index in [0.29, 0.717) is 17.5 Å². The van der Waals surface area contributed by atoms with Crippen LogP contribution in [0.15, 0.2) is 224 Å². The van der Waals surface area contributed by atoms with Crippen LogP contribution in [0.4, 0.5) is 0 Å². The number of benzene rings is 9. The van der Waals surface area contributed by atoms with Crippen molar-refractivity contribution in [2.24, 2.45) is 0 Å². The third-order valence-corrected chi connectivity index (χ3v) is 12.6. The maximum absolute atomic E-state index is 5.10. The van der Waals surface area contributed by atoms with Crippen LogP contribution in [-0.2, 0) is 5.41 Å². The second-order valence-electron chi connectivity index (χ2n) is 15.9. The highest BCUT2D eigenvalue weighted by atomic mass is 15.0. The molecule has 2 aliphatic rings. The monoisotopic (exact) mass is 775 g/mol. The third kappa shape index (κ3) is 5.55. The van der Waals surface area contributed by atoms with Crippen molar-refractivity contribution in [3.8, 4) is 89.8 Å². The lowest BCUT2D eigenvalue weighted by molar-refractivity contribution is 0.794. The lowest BCUT2D eigenvalue weighted by Gasteiger charge is -2.30.